The van der Waals surface area contributed by atoms with Crippen LogP contribution >= 0.6 is 0 Å². The highest BCUT2D eigenvalue weighted by Crippen LogP contribution is 2.52. The van der Waals surface area contributed by atoms with Gasteiger partial charge in [-0.25, -0.2) is 10.2 Å². The van der Waals surface area contributed by atoms with Gasteiger partial charge in [0.25, 0.3) is 0 Å². The molecule has 1 unspecified atom stereocenters. The number of primary amides is 1. The molecule has 0 spiro atoms. The molecule has 0 aromatic carbocycles. The number of amides is 2. The van der Waals surface area contributed by atoms with Gasteiger partial charge in [0, 0.05) is 11.6 Å². The van der Waals surface area contributed by atoms with Crippen LogP contribution in [-0.4, -0.2) is 11.7 Å². The Balaban J connectivity index is 2.44. The van der Waals surface area contributed by atoms with Crippen LogP contribution in [0.15, 0.2) is 5.10 Å². The number of hydrazone groups is 1. The van der Waals surface area contributed by atoms with Gasteiger partial charge in [0.15, 0.2) is 0 Å². The summed E-state index contributed by atoms with van der Waals surface area (Å²) in [6.45, 7) is 6.28. The Kier molecular flexibility index (Phi) is 2.08. The van der Waals surface area contributed by atoms with Crippen molar-refractivity contribution in [1.29, 1.82) is 0 Å². The molecule has 4 nitrogen and oxygen atoms in total. The SMILES string of the molecule is C/C(=N\NC(N)=O)C1CC1(C)C. The molecule has 0 aromatic rings. The van der Waals surface area contributed by atoms with Gasteiger partial charge in [0.2, 0.25) is 0 Å². The summed E-state index contributed by atoms with van der Waals surface area (Å²) in [6.07, 6.45) is 1.14. The monoisotopic (exact) mass is 169 g/mol. The normalized spacial score (nSPS) is 26.6. The van der Waals surface area contributed by atoms with Gasteiger partial charge in [0.1, 0.15) is 0 Å². The van der Waals surface area contributed by atoms with Crippen LogP contribution in [-0.2, 0) is 0 Å². The molecule has 3 N–H and O–H groups in total. The van der Waals surface area contributed by atoms with Gasteiger partial charge in [-0.3, -0.25) is 0 Å². The van der Waals surface area contributed by atoms with E-state index < -0.39 is 6.03 Å². The first-order chi connectivity index (χ1) is 5.43. The molecular formula is C8H15N3O. The van der Waals surface area contributed by atoms with E-state index in [4.69, 9.17) is 5.73 Å². The van der Waals surface area contributed by atoms with Gasteiger partial charge in [-0.1, -0.05) is 13.8 Å². The second-order valence-corrected chi connectivity index (χ2v) is 3.97. The molecule has 1 atom stereocenters. The highest BCUT2D eigenvalue weighted by atomic mass is 16.2. The quantitative estimate of drug-likeness (QED) is 0.471. The Morgan fingerprint density at radius 2 is 2.17 bits per heavy atom. The number of hydrogen-bond acceptors (Lipinski definition) is 2. The number of nitrogens with one attached hydrogen (secondary N) is 1. The van der Waals surface area contributed by atoms with Crippen molar-refractivity contribution in [2.45, 2.75) is 27.2 Å². The number of carbonyl (C=O) groups is 1. The summed E-state index contributed by atoms with van der Waals surface area (Å²) in [6, 6.07) is -0.604. The number of hydrogen-bond donors (Lipinski definition) is 2. The summed E-state index contributed by atoms with van der Waals surface area (Å²) in [5.74, 6) is 0.504. The highest BCUT2D eigenvalue weighted by molar-refractivity contribution is 5.88. The van der Waals surface area contributed by atoms with Crippen molar-refractivity contribution in [1.82, 2.24) is 5.43 Å². The minimum absolute atomic E-state index is 0.354. The maximum atomic E-state index is 10.3. The minimum Gasteiger partial charge on any atom is -0.350 e. The highest BCUT2D eigenvalue weighted by Gasteiger charge is 2.47. The molecule has 0 heterocycles. The predicted molar refractivity (Wildman–Crippen MR) is 47.7 cm³/mol. The number of rotatable bonds is 2. The number of nitrogens with zero attached hydrogens (tertiary/aromatic N) is 1. The van der Waals surface area contributed by atoms with E-state index in [2.05, 4.69) is 24.4 Å². The summed E-state index contributed by atoms with van der Waals surface area (Å²) in [7, 11) is 0. The van der Waals surface area contributed by atoms with Gasteiger partial charge < -0.3 is 5.73 Å². The zero-order chi connectivity index (χ0) is 9.35. The summed E-state index contributed by atoms with van der Waals surface area (Å²) < 4.78 is 0. The summed E-state index contributed by atoms with van der Waals surface area (Å²) in [5.41, 5.74) is 8.41. The second kappa shape index (κ2) is 2.77. The lowest BCUT2D eigenvalue weighted by molar-refractivity contribution is 0.249. The van der Waals surface area contributed by atoms with E-state index in [0.717, 1.165) is 12.1 Å². The Morgan fingerprint density at radius 1 is 1.67 bits per heavy atom. The third-order valence-corrected chi connectivity index (χ3v) is 2.36. The van der Waals surface area contributed by atoms with Crippen LogP contribution in [0.2, 0.25) is 0 Å². The van der Waals surface area contributed by atoms with E-state index in [1.807, 2.05) is 6.92 Å². The van der Waals surface area contributed by atoms with Crippen molar-refractivity contribution < 1.29 is 4.79 Å². The van der Waals surface area contributed by atoms with Gasteiger partial charge in [-0.2, -0.15) is 5.10 Å². The predicted octanol–water partition coefficient (Wildman–Crippen LogP) is 1.08. The Hall–Kier alpha value is -1.06. The van der Waals surface area contributed by atoms with Crippen LogP contribution in [0.3, 0.4) is 0 Å². The largest absolute Gasteiger partial charge is 0.350 e. The Labute approximate surface area is 72.2 Å². The zero-order valence-electron chi connectivity index (χ0n) is 7.72. The first kappa shape index (κ1) is 9.03. The van der Waals surface area contributed by atoms with Crippen LogP contribution < -0.4 is 11.2 Å². The van der Waals surface area contributed by atoms with Crippen molar-refractivity contribution in [3.8, 4) is 0 Å². The lowest BCUT2D eigenvalue weighted by Gasteiger charge is -2.01. The molecule has 0 bridgehead atoms. The lowest BCUT2D eigenvalue weighted by Crippen LogP contribution is -2.25. The van der Waals surface area contributed by atoms with Crippen LogP contribution in [0, 0.1) is 11.3 Å². The second-order valence-electron chi connectivity index (χ2n) is 3.97. The molecule has 4 heteroatoms. The van der Waals surface area contributed by atoms with Gasteiger partial charge in [-0.05, 0) is 18.8 Å². The average Bonchev–Trinajstić information content (AvgIpc) is 2.55. The molecule has 0 aromatic heterocycles. The maximum Gasteiger partial charge on any atom is 0.332 e. The molecule has 0 saturated heterocycles. The molecule has 1 fully saturated rings. The molecule has 2 amide bonds. The molecule has 1 aliphatic carbocycles. The van der Waals surface area contributed by atoms with E-state index in [1.165, 1.54) is 0 Å². The zero-order valence-corrected chi connectivity index (χ0v) is 7.72. The third-order valence-electron chi connectivity index (χ3n) is 2.36. The van der Waals surface area contributed by atoms with Crippen LogP contribution in [0.4, 0.5) is 4.79 Å². The standard InChI is InChI=1S/C8H15N3O/c1-5(10-11-7(9)12)6-4-8(6,2)3/h6H,4H2,1-3H3,(H3,9,11,12)/b10-5+. The average molecular weight is 169 g/mol. The number of urea groups is 1. The molecule has 68 valence electrons. The van der Waals surface area contributed by atoms with E-state index in [1.54, 1.807) is 0 Å². The van der Waals surface area contributed by atoms with Gasteiger partial charge >= 0.3 is 6.03 Å². The van der Waals surface area contributed by atoms with E-state index in [9.17, 15) is 4.79 Å². The Bertz CT molecular complexity index is 232. The van der Waals surface area contributed by atoms with Crippen molar-refractivity contribution in [2.75, 3.05) is 0 Å². The summed E-state index contributed by atoms with van der Waals surface area (Å²) >= 11 is 0. The fourth-order valence-electron chi connectivity index (χ4n) is 1.40. The number of nitrogens with two attached hydrogens (primary N) is 1. The van der Waals surface area contributed by atoms with Gasteiger partial charge in [-0.15, -0.1) is 0 Å². The molecule has 0 aliphatic heterocycles. The first-order valence-corrected chi connectivity index (χ1v) is 4.03. The van der Waals surface area contributed by atoms with Crippen molar-refractivity contribution >= 4 is 11.7 Å². The molecule has 0 radical (unpaired) electrons. The topological polar surface area (TPSA) is 67.5 Å². The molecule has 1 saturated carbocycles. The van der Waals surface area contributed by atoms with E-state index in [-0.39, 0.29) is 0 Å². The third kappa shape index (κ3) is 1.96. The molecule has 1 aliphatic rings. The van der Waals surface area contributed by atoms with Crippen molar-refractivity contribution in [2.24, 2.45) is 22.2 Å². The van der Waals surface area contributed by atoms with Crippen molar-refractivity contribution in [3.05, 3.63) is 0 Å². The minimum atomic E-state index is -0.604. The van der Waals surface area contributed by atoms with Gasteiger partial charge in [0.05, 0.1) is 0 Å². The molecular weight excluding hydrogens is 154 g/mol. The van der Waals surface area contributed by atoms with Crippen molar-refractivity contribution in [3.63, 3.8) is 0 Å². The summed E-state index contributed by atoms with van der Waals surface area (Å²) in [4.78, 5) is 10.3. The lowest BCUT2D eigenvalue weighted by atomic mass is 10.1. The Morgan fingerprint density at radius 3 is 2.50 bits per heavy atom. The number of carbonyl (C=O) groups excluding carboxylic acids is 1. The fourth-order valence-corrected chi connectivity index (χ4v) is 1.40. The fraction of sp³-hybridized carbons (Fsp3) is 0.750. The molecule has 12 heavy (non-hydrogen) atoms. The molecule has 1 rings (SSSR count). The first-order valence-electron chi connectivity index (χ1n) is 4.03. The summed E-state index contributed by atoms with van der Waals surface area (Å²) in [5, 5.41) is 3.87. The van der Waals surface area contributed by atoms with E-state index in [0.29, 0.717) is 11.3 Å². The smallest absolute Gasteiger partial charge is 0.332 e. The van der Waals surface area contributed by atoms with E-state index >= 15 is 0 Å². The van der Waals surface area contributed by atoms with Crippen LogP contribution in [0.5, 0.6) is 0 Å². The van der Waals surface area contributed by atoms with Crippen LogP contribution in [0.1, 0.15) is 27.2 Å². The van der Waals surface area contributed by atoms with Crippen LogP contribution in [0.25, 0.3) is 0 Å². The maximum absolute atomic E-state index is 10.3.